The summed E-state index contributed by atoms with van der Waals surface area (Å²) in [4.78, 5) is 35.8. The number of carbonyl (C=O) groups is 2. The highest BCUT2D eigenvalue weighted by Gasteiger charge is 2.39. The van der Waals surface area contributed by atoms with Crippen molar-refractivity contribution < 1.29 is 19.1 Å². The number of ether oxygens (including phenoxy) is 2. The van der Waals surface area contributed by atoms with Gasteiger partial charge < -0.3 is 25.9 Å². The number of esters is 1. The van der Waals surface area contributed by atoms with Crippen molar-refractivity contribution >= 4 is 40.8 Å². The molecule has 0 radical (unpaired) electrons. The van der Waals surface area contributed by atoms with Gasteiger partial charge in [-0.15, -0.1) is 22.8 Å². The van der Waals surface area contributed by atoms with Crippen molar-refractivity contribution in [3.05, 3.63) is 14.5 Å². The van der Waals surface area contributed by atoms with Gasteiger partial charge in [0, 0.05) is 12.7 Å². The summed E-state index contributed by atoms with van der Waals surface area (Å²) in [5.74, 6) is 10.3. The molecule has 2 aliphatic heterocycles. The molecule has 1 aromatic heterocycles. The summed E-state index contributed by atoms with van der Waals surface area (Å²) < 4.78 is 12.4. The molecular formula is C14H16N6O5S2. The van der Waals surface area contributed by atoms with Crippen molar-refractivity contribution in [1.82, 2.24) is 9.88 Å². The minimum atomic E-state index is -0.889. The van der Waals surface area contributed by atoms with Crippen molar-refractivity contribution in [1.29, 1.82) is 0 Å². The van der Waals surface area contributed by atoms with Gasteiger partial charge in [-0.25, -0.2) is 0 Å². The van der Waals surface area contributed by atoms with Gasteiger partial charge in [0.15, 0.2) is 11.5 Å². The van der Waals surface area contributed by atoms with Crippen molar-refractivity contribution in [2.75, 3.05) is 11.1 Å². The number of hydrogen-bond donors (Lipinski definition) is 3. The second kappa shape index (κ2) is 7.99. The molecule has 1 saturated heterocycles. The number of amides is 1. The fourth-order valence-corrected chi connectivity index (χ4v) is 4.57. The van der Waals surface area contributed by atoms with E-state index < -0.39 is 35.9 Å². The summed E-state index contributed by atoms with van der Waals surface area (Å²) in [6.45, 7) is 2.91. The summed E-state index contributed by atoms with van der Waals surface area (Å²) in [5, 5.41) is 12.2. The van der Waals surface area contributed by atoms with Crippen molar-refractivity contribution in [3.63, 3.8) is 0 Å². The first kappa shape index (κ1) is 19.2. The zero-order valence-corrected chi connectivity index (χ0v) is 15.9. The molecule has 0 saturated carbocycles. The van der Waals surface area contributed by atoms with Crippen LogP contribution in [0.1, 0.15) is 29.7 Å². The normalized spacial score (nSPS) is 25.1. The fourth-order valence-electron chi connectivity index (χ4n) is 2.59. The third-order valence-corrected chi connectivity index (χ3v) is 5.70. The van der Waals surface area contributed by atoms with Crippen LogP contribution in [-0.2, 0) is 14.3 Å². The van der Waals surface area contributed by atoms with Crippen molar-refractivity contribution in [3.8, 4) is 11.8 Å². The number of anilines is 1. The van der Waals surface area contributed by atoms with Gasteiger partial charge in [0.05, 0.1) is 0 Å². The molecule has 1 fully saturated rings. The van der Waals surface area contributed by atoms with E-state index in [9.17, 15) is 14.4 Å². The highest BCUT2D eigenvalue weighted by atomic mass is 32.2. The molecule has 3 heterocycles. The first-order chi connectivity index (χ1) is 12.9. The minimum absolute atomic E-state index is 0.213. The van der Waals surface area contributed by atoms with Gasteiger partial charge >= 0.3 is 10.8 Å². The van der Waals surface area contributed by atoms with Crippen LogP contribution in [0.3, 0.4) is 0 Å². The Morgan fingerprint density at radius 2 is 2.26 bits per heavy atom. The molecule has 13 heteroatoms. The van der Waals surface area contributed by atoms with Gasteiger partial charge in [-0.05, 0) is 6.92 Å². The average molecular weight is 412 g/mol. The topological polar surface area (TPSA) is 149 Å². The van der Waals surface area contributed by atoms with Crippen LogP contribution in [0.25, 0.3) is 0 Å². The first-order valence-electron chi connectivity index (χ1n) is 7.74. The fraction of sp³-hybridized carbons (Fsp3) is 0.500. The second-order valence-corrected chi connectivity index (χ2v) is 7.48. The number of thioether (sulfide) groups is 1. The number of rotatable bonds is 4. The van der Waals surface area contributed by atoms with Crippen LogP contribution in [0.5, 0.6) is 0 Å². The van der Waals surface area contributed by atoms with Crippen molar-refractivity contribution in [2.45, 2.75) is 37.9 Å². The number of aromatic nitrogens is 1. The number of hydrogen-bond acceptors (Lipinski definition) is 10. The SMILES string of the molecule is CC#CC(OC(C)=O)[C@H]1O[C@@H](n2c3c(sc2=O)C(=O)NC(N=NN)N3)CS1. The molecule has 4 atom stereocenters. The van der Waals surface area contributed by atoms with E-state index in [4.69, 9.17) is 15.3 Å². The molecule has 0 spiro atoms. The Morgan fingerprint density at radius 3 is 2.93 bits per heavy atom. The third kappa shape index (κ3) is 3.92. The van der Waals surface area contributed by atoms with E-state index >= 15 is 0 Å². The van der Waals surface area contributed by atoms with Gasteiger partial charge in [0.25, 0.3) is 5.91 Å². The largest absolute Gasteiger partial charge is 0.446 e. The summed E-state index contributed by atoms with van der Waals surface area (Å²) in [6.07, 6.45) is -2.32. The number of nitrogens with two attached hydrogens (primary N) is 1. The molecule has 4 N–H and O–H groups in total. The minimum Gasteiger partial charge on any atom is -0.446 e. The van der Waals surface area contributed by atoms with E-state index in [0.29, 0.717) is 5.75 Å². The second-order valence-electron chi connectivity index (χ2n) is 5.38. The van der Waals surface area contributed by atoms with Gasteiger partial charge in [0.1, 0.15) is 16.9 Å². The number of carbonyl (C=O) groups excluding carboxylic acids is 2. The molecule has 2 aliphatic rings. The standard InChI is InChI=1S/C14H16N6O5S2/c1-3-4-7(24-6(2)21)12-25-8(5-26-12)20-10-9(27-14(20)23)11(22)17-13(16-10)18-19-15/h7-8,12-13,16H,5H2,1-2H3,(H2,15,18)(H,17,22)/t7?,8-,12+,13?/m1/s1. The van der Waals surface area contributed by atoms with Gasteiger partial charge in [0.2, 0.25) is 6.29 Å². The molecule has 0 aliphatic carbocycles. The van der Waals surface area contributed by atoms with Gasteiger partial charge in [-0.2, -0.15) is 0 Å². The lowest BCUT2D eigenvalue weighted by molar-refractivity contribution is -0.148. The Bertz CT molecular complexity index is 900. The van der Waals surface area contributed by atoms with E-state index in [1.165, 1.54) is 23.3 Å². The zero-order chi connectivity index (χ0) is 19.6. The lowest BCUT2D eigenvalue weighted by atomic mass is 10.3. The molecule has 11 nitrogen and oxygen atoms in total. The first-order valence-corrected chi connectivity index (χ1v) is 9.60. The van der Waals surface area contributed by atoms with E-state index in [1.807, 2.05) is 0 Å². The summed E-state index contributed by atoms with van der Waals surface area (Å²) in [7, 11) is 0. The molecule has 27 heavy (non-hydrogen) atoms. The highest BCUT2D eigenvalue weighted by Crippen LogP contribution is 2.37. The third-order valence-electron chi connectivity index (χ3n) is 3.58. The Balaban J connectivity index is 1.86. The number of thiazole rings is 1. The lowest BCUT2D eigenvalue weighted by Gasteiger charge is -2.24. The van der Waals surface area contributed by atoms with E-state index in [-0.39, 0.29) is 15.6 Å². The molecule has 2 unspecified atom stereocenters. The van der Waals surface area contributed by atoms with Crippen LogP contribution in [0.15, 0.2) is 15.1 Å². The molecule has 144 valence electrons. The van der Waals surface area contributed by atoms with Gasteiger partial charge in [-0.1, -0.05) is 22.5 Å². The Morgan fingerprint density at radius 1 is 1.48 bits per heavy atom. The number of fused-ring (bicyclic) bond motifs is 1. The Hall–Kier alpha value is -2.56. The van der Waals surface area contributed by atoms with Crippen molar-refractivity contribution in [2.24, 2.45) is 16.2 Å². The maximum absolute atomic E-state index is 12.5. The van der Waals surface area contributed by atoms with Crippen LogP contribution in [0.4, 0.5) is 5.82 Å². The number of nitrogens with zero attached hydrogens (tertiary/aromatic N) is 3. The predicted molar refractivity (Wildman–Crippen MR) is 97.9 cm³/mol. The maximum Gasteiger partial charge on any atom is 0.311 e. The average Bonchev–Trinajstić information content (AvgIpc) is 3.19. The summed E-state index contributed by atoms with van der Waals surface area (Å²) >= 11 is 2.15. The zero-order valence-electron chi connectivity index (χ0n) is 14.3. The predicted octanol–water partition coefficient (Wildman–Crippen LogP) is 0.218. The Kier molecular flexibility index (Phi) is 5.68. The Labute approximate surface area is 161 Å². The molecule has 0 bridgehead atoms. The van der Waals surface area contributed by atoms with Crippen LogP contribution < -0.4 is 21.3 Å². The van der Waals surface area contributed by atoms with Crippen LogP contribution in [0.2, 0.25) is 0 Å². The highest BCUT2D eigenvalue weighted by molar-refractivity contribution is 8.00. The molecule has 3 rings (SSSR count). The van der Waals surface area contributed by atoms with Crippen LogP contribution >= 0.6 is 23.1 Å². The quantitative estimate of drug-likeness (QED) is 0.209. The number of nitrogens with one attached hydrogen (secondary N) is 2. The molecule has 1 amide bonds. The summed E-state index contributed by atoms with van der Waals surface area (Å²) in [6, 6.07) is 0. The van der Waals surface area contributed by atoms with Crippen LogP contribution in [-0.4, -0.2) is 40.0 Å². The maximum atomic E-state index is 12.5. The van der Waals surface area contributed by atoms with Crippen LogP contribution in [0, 0.1) is 11.8 Å². The van der Waals surface area contributed by atoms with E-state index in [1.54, 1.807) is 6.92 Å². The lowest BCUT2D eigenvalue weighted by Crippen LogP contribution is -2.44. The monoisotopic (exact) mass is 412 g/mol. The molecule has 1 aromatic rings. The smallest absolute Gasteiger partial charge is 0.311 e. The van der Waals surface area contributed by atoms with Gasteiger partial charge in [-0.3, -0.25) is 19.0 Å². The summed E-state index contributed by atoms with van der Waals surface area (Å²) in [5.41, 5.74) is -0.564. The van der Waals surface area contributed by atoms with E-state index in [0.717, 1.165) is 11.3 Å². The van der Waals surface area contributed by atoms with E-state index in [2.05, 4.69) is 32.8 Å². The molecule has 0 aromatic carbocycles. The molecular weight excluding hydrogens is 396 g/mol.